The first-order valence-corrected chi connectivity index (χ1v) is 7.97. The number of carbonyl (C=O) groups is 2. The molecule has 1 saturated heterocycles. The van der Waals surface area contributed by atoms with Crippen LogP contribution >= 0.6 is 11.3 Å². The third-order valence-electron chi connectivity index (χ3n) is 3.49. The minimum atomic E-state index is -0.213. The predicted octanol–water partition coefficient (Wildman–Crippen LogP) is 2.26. The molecule has 1 aromatic rings. The number of nitrogens with zero attached hydrogens (tertiary/aromatic N) is 1. The minimum absolute atomic E-state index is 0.0988. The second-order valence-corrected chi connectivity index (χ2v) is 7.79. The summed E-state index contributed by atoms with van der Waals surface area (Å²) in [6.07, 6.45) is 0.378. The van der Waals surface area contributed by atoms with Crippen LogP contribution in [0.4, 0.5) is 4.79 Å². The van der Waals surface area contributed by atoms with Crippen LogP contribution in [0, 0.1) is 6.92 Å². The van der Waals surface area contributed by atoms with E-state index in [-0.39, 0.29) is 23.5 Å². The van der Waals surface area contributed by atoms with Crippen molar-refractivity contribution < 1.29 is 9.59 Å². The highest BCUT2D eigenvalue weighted by Gasteiger charge is 2.36. The summed E-state index contributed by atoms with van der Waals surface area (Å²) in [6.45, 7) is 9.16. The number of nitrogens with one attached hydrogen (secondary N) is 2. The van der Waals surface area contributed by atoms with E-state index >= 15 is 0 Å². The Kier molecular flexibility index (Phi) is 4.56. The monoisotopic (exact) mass is 309 g/mol. The molecule has 3 amide bonds. The zero-order valence-electron chi connectivity index (χ0n) is 13.0. The van der Waals surface area contributed by atoms with Gasteiger partial charge < -0.3 is 15.5 Å². The van der Waals surface area contributed by atoms with E-state index in [1.807, 2.05) is 44.7 Å². The van der Waals surface area contributed by atoms with Gasteiger partial charge in [-0.25, -0.2) is 4.79 Å². The van der Waals surface area contributed by atoms with Gasteiger partial charge in [-0.2, -0.15) is 0 Å². The van der Waals surface area contributed by atoms with Crippen LogP contribution in [0.5, 0.6) is 0 Å². The molecule has 2 rings (SSSR count). The third kappa shape index (κ3) is 4.20. The minimum Gasteiger partial charge on any atom is -0.336 e. The van der Waals surface area contributed by atoms with E-state index in [0.29, 0.717) is 19.5 Å². The summed E-state index contributed by atoms with van der Waals surface area (Å²) in [6, 6.07) is 3.73. The highest BCUT2D eigenvalue weighted by molar-refractivity contribution is 7.11. The van der Waals surface area contributed by atoms with Gasteiger partial charge in [-0.15, -0.1) is 11.3 Å². The van der Waals surface area contributed by atoms with E-state index in [1.54, 1.807) is 11.3 Å². The van der Waals surface area contributed by atoms with Crippen LogP contribution in [0.1, 0.15) is 36.9 Å². The van der Waals surface area contributed by atoms with Gasteiger partial charge in [0.15, 0.2) is 0 Å². The average Bonchev–Trinajstić information content (AvgIpc) is 2.92. The average molecular weight is 309 g/mol. The number of likely N-dealkylation sites (tertiary alicyclic amines) is 1. The maximum absolute atomic E-state index is 12.0. The molecule has 2 N–H and O–H groups in total. The van der Waals surface area contributed by atoms with Crippen molar-refractivity contribution in [3.8, 4) is 0 Å². The van der Waals surface area contributed by atoms with Crippen molar-refractivity contribution in [2.45, 2.75) is 52.2 Å². The van der Waals surface area contributed by atoms with E-state index in [2.05, 4.69) is 10.6 Å². The van der Waals surface area contributed by atoms with Crippen molar-refractivity contribution in [3.05, 3.63) is 21.9 Å². The van der Waals surface area contributed by atoms with Crippen LogP contribution in [0.25, 0.3) is 0 Å². The number of hydrogen-bond acceptors (Lipinski definition) is 3. The molecule has 1 atom stereocenters. The first-order chi connectivity index (χ1) is 9.75. The third-order valence-corrected chi connectivity index (χ3v) is 4.49. The number of thiophene rings is 1. The van der Waals surface area contributed by atoms with Gasteiger partial charge >= 0.3 is 6.03 Å². The van der Waals surface area contributed by atoms with Gasteiger partial charge in [-0.05, 0) is 39.8 Å². The summed E-state index contributed by atoms with van der Waals surface area (Å²) in [7, 11) is 0. The highest BCUT2D eigenvalue weighted by atomic mass is 32.1. The van der Waals surface area contributed by atoms with E-state index < -0.39 is 0 Å². The van der Waals surface area contributed by atoms with Crippen molar-refractivity contribution >= 4 is 23.3 Å². The van der Waals surface area contributed by atoms with Crippen LogP contribution < -0.4 is 10.6 Å². The second-order valence-electron chi connectivity index (χ2n) is 6.42. The summed E-state index contributed by atoms with van der Waals surface area (Å²) in [5.41, 5.74) is -0.196. The predicted molar refractivity (Wildman–Crippen MR) is 84.3 cm³/mol. The van der Waals surface area contributed by atoms with Gasteiger partial charge in [0.05, 0.1) is 12.6 Å². The van der Waals surface area contributed by atoms with Crippen LogP contribution in [0.3, 0.4) is 0 Å². The Hall–Kier alpha value is -1.56. The Morgan fingerprint density at radius 1 is 1.43 bits per heavy atom. The lowest BCUT2D eigenvalue weighted by Crippen LogP contribution is -2.46. The first-order valence-electron chi connectivity index (χ1n) is 7.16. The summed E-state index contributed by atoms with van der Waals surface area (Å²) < 4.78 is 0. The molecule has 1 unspecified atom stereocenters. The summed E-state index contributed by atoms with van der Waals surface area (Å²) in [5, 5.41) is 5.72. The van der Waals surface area contributed by atoms with E-state index in [1.165, 1.54) is 4.88 Å². The fraction of sp³-hybridized carbons (Fsp3) is 0.600. The van der Waals surface area contributed by atoms with Crippen LogP contribution in [0.2, 0.25) is 0 Å². The van der Waals surface area contributed by atoms with Crippen molar-refractivity contribution in [3.63, 3.8) is 0 Å². The molecule has 1 aromatic heterocycles. The standard InChI is InChI=1S/C15H23N3O2S/c1-10-5-6-12(21-10)8-16-14(20)17-11-7-13(19)18(9-11)15(2,3)4/h5-6,11H,7-9H2,1-4H3,(H2,16,17,20). The lowest BCUT2D eigenvalue weighted by Gasteiger charge is -2.32. The van der Waals surface area contributed by atoms with Crippen molar-refractivity contribution in [2.24, 2.45) is 0 Å². The molecule has 6 heteroatoms. The van der Waals surface area contributed by atoms with Crippen LogP contribution in [0.15, 0.2) is 12.1 Å². The van der Waals surface area contributed by atoms with Gasteiger partial charge in [-0.1, -0.05) is 0 Å². The molecule has 0 spiro atoms. The molecule has 21 heavy (non-hydrogen) atoms. The number of rotatable bonds is 3. The van der Waals surface area contributed by atoms with Gasteiger partial charge in [0.2, 0.25) is 5.91 Å². The molecule has 1 aliphatic rings. The number of hydrogen-bond donors (Lipinski definition) is 2. The molecular weight excluding hydrogens is 286 g/mol. The van der Waals surface area contributed by atoms with Gasteiger partial charge in [0, 0.05) is 28.3 Å². The smallest absolute Gasteiger partial charge is 0.315 e. The fourth-order valence-electron chi connectivity index (χ4n) is 2.44. The Labute approximate surface area is 129 Å². The highest BCUT2D eigenvalue weighted by Crippen LogP contribution is 2.21. The quantitative estimate of drug-likeness (QED) is 0.899. The van der Waals surface area contributed by atoms with E-state index in [4.69, 9.17) is 0 Å². The molecule has 1 aliphatic heterocycles. The maximum Gasteiger partial charge on any atom is 0.315 e. The number of amides is 3. The largest absolute Gasteiger partial charge is 0.336 e. The Morgan fingerprint density at radius 3 is 2.67 bits per heavy atom. The molecular formula is C15H23N3O2S. The normalized spacial score (nSPS) is 19.0. The molecule has 0 aliphatic carbocycles. The first kappa shape index (κ1) is 15.8. The van der Waals surface area contributed by atoms with Gasteiger partial charge in [0.1, 0.15) is 0 Å². The molecule has 0 aromatic carbocycles. The van der Waals surface area contributed by atoms with E-state index in [0.717, 1.165) is 4.88 Å². The lowest BCUT2D eigenvalue weighted by atomic mass is 10.1. The summed E-state index contributed by atoms with van der Waals surface area (Å²) in [5.74, 6) is 0.0988. The molecule has 0 radical (unpaired) electrons. The molecule has 5 nitrogen and oxygen atoms in total. The van der Waals surface area contributed by atoms with Crippen molar-refractivity contribution in [1.29, 1.82) is 0 Å². The van der Waals surface area contributed by atoms with Crippen molar-refractivity contribution in [2.75, 3.05) is 6.54 Å². The van der Waals surface area contributed by atoms with Crippen molar-refractivity contribution in [1.82, 2.24) is 15.5 Å². The molecule has 0 bridgehead atoms. The SMILES string of the molecule is Cc1ccc(CNC(=O)NC2CC(=O)N(C(C)(C)C)C2)s1. The summed E-state index contributed by atoms with van der Waals surface area (Å²) in [4.78, 5) is 28.0. The Bertz CT molecular complexity index is 533. The number of carbonyl (C=O) groups excluding carboxylic acids is 2. The molecule has 0 saturated carbocycles. The molecule has 116 valence electrons. The molecule has 1 fully saturated rings. The number of urea groups is 1. The van der Waals surface area contributed by atoms with Gasteiger partial charge in [-0.3, -0.25) is 4.79 Å². The number of aryl methyl sites for hydroxylation is 1. The lowest BCUT2D eigenvalue weighted by molar-refractivity contribution is -0.131. The maximum atomic E-state index is 12.0. The zero-order valence-corrected chi connectivity index (χ0v) is 13.8. The van der Waals surface area contributed by atoms with Gasteiger partial charge in [0.25, 0.3) is 0 Å². The van der Waals surface area contributed by atoms with Crippen LogP contribution in [-0.2, 0) is 11.3 Å². The zero-order chi connectivity index (χ0) is 15.6. The Morgan fingerprint density at radius 2 is 2.14 bits per heavy atom. The van der Waals surface area contributed by atoms with Crippen LogP contribution in [-0.4, -0.2) is 35.0 Å². The topological polar surface area (TPSA) is 61.4 Å². The summed E-state index contributed by atoms with van der Waals surface area (Å²) >= 11 is 1.67. The molecule has 2 heterocycles. The fourth-order valence-corrected chi connectivity index (χ4v) is 3.27. The Balaban J connectivity index is 1.80. The second kappa shape index (κ2) is 6.05. The van der Waals surface area contributed by atoms with E-state index in [9.17, 15) is 9.59 Å².